The highest BCUT2D eigenvalue weighted by atomic mass is 32.2. The zero-order chi connectivity index (χ0) is 11.3. The normalized spacial score (nSPS) is 9.93. The Morgan fingerprint density at radius 3 is 2.80 bits per heavy atom. The average Bonchev–Trinajstić information content (AvgIpc) is 2.26. The Morgan fingerprint density at radius 2 is 2.33 bits per heavy atom. The number of pyridine rings is 1. The molecule has 1 aromatic heterocycles. The lowest BCUT2D eigenvalue weighted by Gasteiger charge is -2.02. The minimum absolute atomic E-state index is 0.216. The summed E-state index contributed by atoms with van der Waals surface area (Å²) in [5, 5.41) is 9.50. The molecule has 15 heavy (non-hydrogen) atoms. The molecule has 0 saturated heterocycles. The predicted molar refractivity (Wildman–Crippen MR) is 61.4 cm³/mol. The fourth-order valence-electron chi connectivity index (χ4n) is 0.870. The highest BCUT2D eigenvalue weighted by molar-refractivity contribution is 7.99. The molecule has 0 bridgehead atoms. The molecule has 1 N–H and O–H groups in total. The summed E-state index contributed by atoms with van der Waals surface area (Å²) in [4.78, 5) is 14.6. The van der Waals surface area contributed by atoms with E-state index in [9.17, 15) is 4.79 Å². The van der Waals surface area contributed by atoms with Gasteiger partial charge in [0, 0.05) is 11.9 Å². The van der Waals surface area contributed by atoms with Crippen LogP contribution in [-0.4, -0.2) is 21.8 Å². The van der Waals surface area contributed by atoms with Gasteiger partial charge < -0.3 is 5.11 Å². The van der Waals surface area contributed by atoms with Crippen molar-refractivity contribution in [2.45, 2.75) is 18.4 Å². The summed E-state index contributed by atoms with van der Waals surface area (Å²) in [5.74, 6) is -0.118. The number of carbonyl (C=O) groups is 1. The van der Waals surface area contributed by atoms with Crippen LogP contribution in [0, 0.1) is 0 Å². The first kappa shape index (κ1) is 11.8. The van der Waals surface area contributed by atoms with Crippen molar-refractivity contribution >= 4 is 17.7 Å². The number of carboxylic acids is 1. The van der Waals surface area contributed by atoms with Gasteiger partial charge in [-0.3, -0.25) is 0 Å². The smallest absolute Gasteiger partial charge is 0.337 e. The molecule has 0 atom stereocenters. The monoisotopic (exact) mass is 223 g/mol. The van der Waals surface area contributed by atoms with Gasteiger partial charge >= 0.3 is 5.97 Å². The lowest BCUT2D eigenvalue weighted by molar-refractivity contribution is 0.0696. The standard InChI is InChI=1S/C11H13NO2S/c1-3-8(2)7-15-10-5-4-9(6-12-10)11(13)14/h4-6H,2-3,7H2,1H3,(H,13,14). The Hall–Kier alpha value is -1.29. The number of thioether (sulfide) groups is 1. The fourth-order valence-corrected chi connectivity index (χ4v) is 1.72. The number of carboxylic acid groups (broad SMARTS) is 1. The summed E-state index contributed by atoms with van der Waals surface area (Å²) in [7, 11) is 0. The first-order valence-corrected chi connectivity index (χ1v) is 5.61. The third-order valence-corrected chi connectivity index (χ3v) is 3.00. The van der Waals surface area contributed by atoms with Gasteiger partial charge in [0.25, 0.3) is 0 Å². The minimum atomic E-state index is -0.947. The molecule has 1 rings (SSSR count). The van der Waals surface area contributed by atoms with Crippen LogP contribution >= 0.6 is 11.8 Å². The van der Waals surface area contributed by atoms with E-state index >= 15 is 0 Å². The second kappa shape index (κ2) is 5.56. The molecule has 0 saturated carbocycles. The molecule has 4 heteroatoms. The van der Waals surface area contributed by atoms with Crippen molar-refractivity contribution in [2.24, 2.45) is 0 Å². The largest absolute Gasteiger partial charge is 0.478 e. The second-order valence-electron chi connectivity index (χ2n) is 3.08. The summed E-state index contributed by atoms with van der Waals surface area (Å²) in [6, 6.07) is 3.28. The number of hydrogen-bond donors (Lipinski definition) is 1. The Balaban J connectivity index is 2.57. The van der Waals surface area contributed by atoms with Crippen LogP contribution in [0.25, 0.3) is 0 Å². The van der Waals surface area contributed by atoms with E-state index in [-0.39, 0.29) is 5.56 Å². The van der Waals surface area contributed by atoms with Crippen molar-refractivity contribution in [1.82, 2.24) is 4.98 Å². The number of aromatic carboxylic acids is 1. The van der Waals surface area contributed by atoms with Crippen molar-refractivity contribution in [3.05, 3.63) is 36.0 Å². The van der Waals surface area contributed by atoms with E-state index in [0.717, 1.165) is 22.8 Å². The van der Waals surface area contributed by atoms with Crippen LogP contribution in [0.5, 0.6) is 0 Å². The SMILES string of the molecule is C=C(CC)CSc1ccc(C(=O)O)cn1. The van der Waals surface area contributed by atoms with E-state index in [1.165, 1.54) is 6.20 Å². The molecule has 3 nitrogen and oxygen atoms in total. The highest BCUT2D eigenvalue weighted by Gasteiger charge is 2.03. The van der Waals surface area contributed by atoms with Crippen molar-refractivity contribution in [1.29, 1.82) is 0 Å². The molecular weight excluding hydrogens is 210 g/mol. The maximum atomic E-state index is 10.6. The predicted octanol–water partition coefficient (Wildman–Crippen LogP) is 2.84. The molecule has 0 unspecified atom stereocenters. The molecule has 0 amide bonds. The summed E-state index contributed by atoms with van der Waals surface area (Å²) in [6.07, 6.45) is 2.33. The summed E-state index contributed by atoms with van der Waals surface area (Å²) in [6.45, 7) is 5.95. The molecule has 80 valence electrons. The Labute approximate surface area is 93.2 Å². The zero-order valence-electron chi connectivity index (χ0n) is 8.56. The van der Waals surface area contributed by atoms with Crippen LogP contribution in [0.1, 0.15) is 23.7 Å². The Kier molecular flexibility index (Phi) is 4.37. The first-order chi connectivity index (χ1) is 7.13. The van der Waals surface area contributed by atoms with Gasteiger partial charge in [-0.1, -0.05) is 19.1 Å². The fraction of sp³-hybridized carbons (Fsp3) is 0.273. The molecule has 0 aliphatic carbocycles. The van der Waals surface area contributed by atoms with Gasteiger partial charge in [-0.25, -0.2) is 9.78 Å². The van der Waals surface area contributed by atoms with Gasteiger partial charge in [-0.2, -0.15) is 0 Å². The average molecular weight is 223 g/mol. The molecule has 0 aliphatic rings. The van der Waals surface area contributed by atoms with Crippen molar-refractivity contribution in [2.75, 3.05) is 5.75 Å². The molecule has 0 spiro atoms. The topological polar surface area (TPSA) is 50.2 Å². The van der Waals surface area contributed by atoms with Crippen LogP contribution in [-0.2, 0) is 0 Å². The van der Waals surface area contributed by atoms with Crippen LogP contribution in [0.4, 0.5) is 0 Å². The van der Waals surface area contributed by atoms with E-state index in [2.05, 4.69) is 18.5 Å². The number of aromatic nitrogens is 1. The zero-order valence-corrected chi connectivity index (χ0v) is 9.38. The molecular formula is C11H13NO2S. The Morgan fingerprint density at radius 1 is 1.60 bits per heavy atom. The van der Waals surface area contributed by atoms with Crippen LogP contribution < -0.4 is 0 Å². The van der Waals surface area contributed by atoms with Gasteiger partial charge in [-0.05, 0) is 18.6 Å². The number of hydrogen-bond acceptors (Lipinski definition) is 3. The van der Waals surface area contributed by atoms with E-state index in [0.29, 0.717) is 0 Å². The van der Waals surface area contributed by atoms with E-state index in [1.54, 1.807) is 23.9 Å². The summed E-state index contributed by atoms with van der Waals surface area (Å²) >= 11 is 1.57. The summed E-state index contributed by atoms with van der Waals surface area (Å²) in [5.41, 5.74) is 1.37. The quantitative estimate of drug-likeness (QED) is 0.616. The molecule has 0 radical (unpaired) electrons. The summed E-state index contributed by atoms with van der Waals surface area (Å²) < 4.78 is 0. The lowest BCUT2D eigenvalue weighted by Crippen LogP contribution is -1.96. The lowest BCUT2D eigenvalue weighted by atomic mass is 10.3. The maximum Gasteiger partial charge on any atom is 0.337 e. The molecule has 1 heterocycles. The van der Waals surface area contributed by atoms with Gasteiger partial charge in [0.15, 0.2) is 0 Å². The van der Waals surface area contributed by atoms with Crippen LogP contribution in [0.15, 0.2) is 35.5 Å². The van der Waals surface area contributed by atoms with Crippen molar-refractivity contribution < 1.29 is 9.90 Å². The second-order valence-corrected chi connectivity index (χ2v) is 4.08. The van der Waals surface area contributed by atoms with Crippen molar-refractivity contribution in [3.63, 3.8) is 0 Å². The minimum Gasteiger partial charge on any atom is -0.478 e. The maximum absolute atomic E-state index is 10.6. The third-order valence-electron chi connectivity index (χ3n) is 1.91. The third kappa shape index (κ3) is 3.75. The van der Waals surface area contributed by atoms with Gasteiger partial charge in [0.05, 0.1) is 10.6 Å². The van der Waals surface area contributed by atoms with Crippen molar-refractivity contribution in [3.8, 4) is 0 Å². The number of rotatable bonds is 5. The van der Waals surface area contributed by atoms with Gasteiger partial charge in [0.2, 0.25) is 0 Å². The van der Waals surface area contributed by atoms with E-state index in [4.69, 9.17) is 5.11 Å². The highest BCUT2D eigenvalue weighted by Crippen LogP contribution is 2.18. The molecule has 0 fully saturated rings. The van der Waals surface area contributed by atoms with Gasteiger partial charge in [-0.15, -0.1) is 11.8 Å². The molecule has 0 aromatic carbocycles. The first-order valence-electron chi connectivity index (χ1n) is 4.62. The molecule has 1 aromatic rings. The van der Waals surface area contributed by atoms with Crippen LogP contribution in [0.3, 0.4) is 0 Å². The van der Waals surface area contributed by atoms with Crippen LogP contribution in [0.2, 0.25) is 0 Å². The number of nitrogens with zero attached hydrogens (tertiary/aromatic N) is 1. The van der Waals surface area contributed by atoms with Gasteiger partial charge in [0.1, 0.15) is 0 Å². The van der Waals surface area contributed by atoms with E-state index in [1.807, 2.05) is 0 Å². The Bertz CT molecular complexity index is 359. The van der Waals surface area contributed by atoms with E-state index < -0.39 is 5.97 Å². The molecule has 0 aliphatic heterocycles.